The summed E-state index contributed by atoms with van der Waals surface area (Å²) < 4.78 is 29.0. The average molecular weight is 328 g/mol. The van der Waals surface area contributed by atoms with Gasteiger partial charge in [-0.05, 0) is 19.1 Å². The van der Waals surface area contributed by atoms with Gasteiger partial charge in [0.1, 0.15) is 10.5 Å². The summed E-state index contributed by atoms with van der Waals surface area (Å²) in [5.74, 6) is 0. The number of thiophene rings is 1. The van der Waals surface area contributed by atoms with Gasteiger partial charge in [0.25, 0.3) is 0 Å². The van der Waals surface area contributed by atoms with Crippen LogP contribution in [0.1, 0.15) is 10.6 Å². The van der Waals surface area contributed by atoms with Crippen LogP contribution in [0.2, 0.25) is 0 Å². The fraction of sp³-hybridized carbons (Fsp3) is 0.273. The maximum atomic E-state index is 12.1. The molecule has 1 N–H and O–H groups in total. The topological polar surface area (TPSA) is 76.4 Å². The molecule has 3 rings (SSSR count). The van der Waals surface area contributed by atoms with E-state index in [-0.39, 0.29) is 0 Å². The van der Waals surface area contributed by atoms with E-state index in [9.17, 15) is 8.42 Å². The standard InChI is InChI=1S/C11H12N4O2S3/c1-8-2-3-10(19-8)20(16,17)13-5-4-9-6-18-11-14-12-7-15(9)11/h2-3,6-7,13H,4-5H2,1H3. The summed E-state index contributed by atoms with van der Waals surface area (Å²) in [6, 6.07) is 3.43. The fourth-order valence-corrected chi connectivity index (χ4v) is 5.00. The zero-order valence-electron chi connectivity index (χ0n) is 10.6. The molecule has 0 aliphatic carbocycles. The Morgan fingerprint density at radius 2 is 2.25 bits per heavy atom. The number of aryl methyl sites for hydroxylation is 1. The summed E-state index contributed by atoms with van der Waals surface area (Å²) >= 11 is 2.77. The van der Waals surface area contributed by atoms with Crippen LogP contribution in [0.5, 0.6) is 0 Å². The number of aromatic nitrogens is 3. The number of hydrogen-bond acceptors (Lipinski definition) is 6. The lowest BCUT2D eigenvalue weighted by Crippen LogP contribution is -2.25. The van der Waals surface area contributed by atoms with Crippen molar-refractivity contribution < 1.29 is 8.42 Å². The average Bonchev–Trinajstić information content (AvgIpc) is 3.06. The van der Waals surface area contributed by atoms with Crippen LogP contribution in [-0.4, -0.2) is 29.6 Å². The molecule has 9 heteroatoms. The molecule has 20 heavy (non-hydrogen) atoms. The largest absolute Gasteiger partial charge is 0.276 e. The summed E-state index contributed by atoms with van der Waals surface area (Å²) in [7, 11) is -3.40. The number of fused-ring (bicyclic) bond motifs is 1. The predicted octanol–water partition coefficient (Wildman–Crippen LogP) is 1.68. The number of nitrogens with zero attached hydrogens (tertiary/aromatic N) is 3. The lowest BCUT2D eigenvalue weighted by atomic mass is 10.3. The minimum Gasteiger partial charge on any atom is -0.276 e. The summed E-state index contributed by atoms with van der Waals surface area (Å²) in [5, 5.41) is 9.72. The molecule has 106 valence electrons. The Morgan fingerprint density at radius 3 is 3.00 bits per heavy atom. The molecule has 6 nitrogen and oxygen atoms in total. The molecule has 0 bridgehead atoms. The highest BCUT2D eigenvalue weighted by molar-refractivity contribution is 7.91. The summed E-state index contributed by atoms with van der Waals surface area (Å²) in [6.07, 6.45) is 2.24. The van der Waals surface area contributed by atoms with Crippen LogP contribution in [0.4, 0.5) is 0 Å². The highest BCUT2D eigenvalue weighted by atomic mass is 32.2. The van der Waals surface area contributed by atoms with Crippen molar-refractivity contribution >= 4 is 37.7 Å². The van der Waals surface area contributed by atoms with Crippen molar-refractivity contribution in [3.05, 3.63) is 34.4 Å². The van der Waals surface area contributed by atoms with Crippen molar-refractivity contribution in [2.45, 2.75) is 17.6 Å². The Bertz CT molecular complexity index is 831. The van der Waals surface area contributed by atoms with Crippen LogP contribution >= 0.6 is 22.7 Å². The third-order valence-corrected chi connectivity index (χ3v) is 6.61. The minimum absolute atomic E-state index is 0.350. The van der Waals surface area contributed by atoms with Crippen LogP contribution in [0.3, 0.4) is 0 Å². The normalized spacial score (nSPS) is 12.2. The number of thiazole rings is 1. The first-order chi connectivity index (χ1) is 9.56. The Hall–Kier alpha value is -1.29. The SMILES string of the molecule is Cc1ccc(S(=O)(=O)NCCc2csc3nncn23)s1. The molecule has 3 heterocycles. The van der Waals surface area contributed by atoms with Gasteiger partial charge >= 0.3 is 0 Å². The van der Waals surface area contributed by atoms with Gasteiger partial charge in [0, 0.05) is 28.9 Å². The van der Waals surface area contributed by atoms with E-state index in [4.69, 9.17) is 0 Å². The Morgan fingerprint density at radius 1 is 1.40 bits per heavy atom. The van der Waals surface area contributed by atoms with Gasteiger partial charge in [-0.25, -0.2) is 13.1 Å². The molecule has 0 aromatic carbocycles. The van der Waals surface area contributed by atoms with Gasteiger partial charge in [-0.15, -0.1) is 32.9 Å². The van der Waals surface area contributed by atoms with E-state index in [0.29, 0.717) is 17.2 Å². The third-order valence-electron chi connectivity index (χ3n) is 2.78. The van der Waals surface area contributed by atoms with Crippen LogP contribution in [0, 0.1) is 6.92 Å². The van der Waals surface area contributed by atoms with E-state index in [1.165, 1.54) is 22.7 Å². The Labute approximate surface area is 124 Å². The maximum absolute atomic E-state index is 12.1. The van der Waals surface area contributed by atoms with Crippen LogP contribution in [-0.2, 0) is 16.4 Å². The van der Waals surface area contributed by atoms with Crippen molar-refractivity contribution in [2.75, 3.05) is 6.54 Å². The van der Waals surface area contributed by atoms with Gasteiger partial charge in [0.15, 0.2) is 0 Å². The lowest BCUT2D eigenvalue weighted by Gasteiger charge is -2.04. The molecule has 0 radical (unpaired) electrons. The van der Waals surface area contributed by atoms with Gasteiger partial charge in [-0.2, -0.15) is 0 Å². The van der Waals surface area contributed by atoms with Crippen LogP contribution in [0.15, 0.2) is 28.0 Å². The van der Waals surface area contributed by atoms with Crippen molar-refractivity contribution in [3.8, 4) is 0 Å². The smallest absolute Gasteiger partial charge is 0.250 e. The first kappa shape index (κ1) is 13.7. The van der Waals surface area contributed by atoms with Crippen molar-refractivity contribution in [1.82, 2.24) is 19.3 Å². The van der Waals surface area contributed by atoms with Gasteiger partial charge in [-0.1, -0.05) is 0 Å². The summed E-state index contributed by atoms with van der Waals surface area (Å²) in [6.45, 7) is 2.24. The molecule has 0 unspecified atom stereocenters. The quantitative estimate of drug-likeness (QED) is 0.773. The molecule has 3 aromatic rings. The van der Waals surface area contributed by atoms with Crippen molar-refractivity contribution in [3.63, 3.8) is 0 Å². The fourth-order valence-electron chi connectivity index (χ4n) is 1.80. The molecule has 0 amide bonds. The summed E-state index contributed by atoms with van der Waals surface area (Å²) in [5.41, 5.74) is 1.00. The van der Waals surface area contributed by atoms with E-state index >= 15 is 0 Å². The van der Waals surface area contributed by atoms with Crippen LogP contribution in [0.25, 0.3) is 4.96 Å². The summed E-state index contributed by atoms with van der Waals surface area (Å²) in [4.78, 5) is 1.80. The van der Waals surface area contributed by atoms with Crippen molar-refractivity contribution in [2.24, 2.45) is 0 Å². The molecule has 0 aliphatic rings. The van der Waals surface area contributed by atoms with E-state index in [1.807, 2.05) is 16.7 Å². The second-order valence-corrected chi connectivity index (χ2v) is 8.34. The van der Waals surface area contributed by atoms with Gasteiger partial charge < -0.3 is 0 Å². The zero-order valence-corrected chi connectivity index (χ0v) is 13.1. The zero-order chi connectivity index (χ0) is 14.2. The molecule has 0 spiro atoms. The molecule has 0 saturated heterocycles. The van der Waals surface area contributed by atoms with Crippen molar-refractivity contribution in [1.29, 1.82) is 0 Å². The van der Waals surface area contributed by atoms with E-state index in [0.717, 1.165) is 15.5 Å². The van der Waals surface area contributed by atoms with Gasteiger partial charge in [0.05, 0.1) is 0 Å². The molecule has 0 aliphatic heterocycles. The van der Waals surface area contributed by atoms with E-state index in [1.54, 1.807) is 18.5 Å². The number of rotatable bonds is 5. The number of nitrogens with one attached hydrogen (secondary N) is 1. The van der Waals surface area contributed by atoms with E-state index < -0.39 is 10.0 Å². The molecular weight excluding hydrogens is 316 g/mol. The third kappa shape index (κ3) is 2.62. The molecule has 0 fully saturated rings. The number of sulfonamides is 1. The predicted molar refractivity (Wildman–Crippen MR) is 78.8 cm³/mol. The molecule has 0 saturated carbocycles. The second kappa shape index (κ2) is 5.24. The maximum Gasteiger partial charge on any atom is 0.250 e. The Balaban J connectivity index is 1.67. The lowest BCUT2D eigenvalue weighted by molar-refractivity contribution is 0.583. The highest BCUT2D eigenvalue weighted by Gasteiger charge is 2.15. The Kier molecular flexibility index (Phi) is 3.59. The molecular formula is C11H12N4O2S3. The molecule has 3 aromatic heterocycles. The molecule has 0 atom stereocenters. The second-order valence-electron chi connectivity index (χ2n) is 4.22. The number of hydrogen-bond donors (Lipinski definition) is 1. The first-order valence-corrected chi connectivity index (χ1v) is 9.06. The minimum atomic E-state index is -3.40. The van der Waals surface area contributed by atoms with Gasteiger partial charge in [0.2, 0.25) is 15.0 Å². The first-order valence-electron chi connectivity index (χ1n) is 5.88. The monoisotopic (exact) mass is 328 g/mol. The van der Waals surface area contributed by atoms with Gasteiger partial charge in [-0.3, -0.25) is 4.40 Å². The van der Waals surface area contributed by atoms with Crippen LogP contribution < -0.4 is 4.72 Å². The van der Waals surface area contributed by atoms with E-state index in [2.05, 4.69) is 14.9 Å². The highest BCUT2D eigenvalue weighted by Crippen LogP contribution is 2.20.